The van der Waals surface area contributed by atoms with Crippen LogP contribution < -0.4 is 5.11 Å². The first kappa shape index (κ1) is 67.7. The van der Waals surface area contributed by atoms with Crippen molar-refractivity contribution < 1.29 is 42.9 Å². The molecule has 0 saturated carbocycles. The minimum Gasteiger partial charge on any atom is -0.545 e. The average molecular weight is 997 g/mol. The lowest BCUT2D eigenvalue weighted by molar-refractivity contribution is -0.870. The molecule has 410 valence electrons. The predicted molar refractivity (Wildman–Crippen MR) is 297 cm³/mol. The molecule has 0 fully saturated rings. The van der Waals surface area contributed by atoms with Crippen LogP contribution in [-0.4, -0.2) is 82.3 Å². The monoisotopic (exact) mass is 996 g/mol. The van der Waals surface area contributed by atoms with Gasteiger partial charge in [0.05, 0.1) is 40.3 Å². The average Bonchev–Trinajstić information content (AvgIpc) is 3.34. The lowest BCUT2D eigenvalue weighted by Crippen LogP contribution is -2.44. The number of rotatable bonds is 53. The maximum Gasteiger partial charge on any atom is 0.306 e. The zero-order chi connectivity index (χ0) is 52.0. The SMILES string of the molecule is CC/C=C\C/C=C\C/C=C\C/C=C\CCCCC(=O)OC(COC(=O)CCCCCCCCCCCCCCCCCCCCC/C=C\C/C=C\CCCCCCC)COC(OCC[N+](C)(C)C)C(=O)[O-]. The maximum atomic E-state index is 12.8. The highest BCUT2D eigenvalue weighted by molar-refractivity contribution is 5.70. The van der Waals surface area contributed by atoms with Gasteiger partial charge in [0.2, 0.25) is 0 Å². The molecule has 0 aliphatic heterocycles. The van der Waals surface area contributed by atoms with E-state index < -0.39 is 24.3 Å². The standard InChI is InChI=1S/C62H109NO8/c1-6-8-10-12-14-16-18-20-22-23-24-25-26-27-28-29-30-31-32-33-34-35-36-37-39-40-42-44-46-48-50-52-59(64)69-56-58(57-70-62(61(66)67)68-55-54-63(3,4)5)71-60(65)53-51-49-47-45-43-41-38-21-19-17-15-13-11-9-7-2/h9,11,15,17-18,20-21,23-24,38,43,45,58,62H,6-8,10,12-14,16,19,22,25-37,39-42,44,46-57H2,1-5H3/b11-9-,17-15-,20-18-,24-23-,38-21-,45-43-. The van der Waals surface area contributed by atoms with Gasteiger partial charge in [0.15, 0.2) is 12.4 Å². The molecule has 0 saturated heterocycles. The van der Waals surface area contributed by atoms with Gasteiger partial charge in [0, 0.05) is 12.8 Å². The molecular weight excluding hydrogens is 887 g/mol. The summed E-state index contributed by atoms with van der Waals surface area (Å²) in [7, 11) is 5.90. The first-order valence-corrected chi connectivity index (χ1v) is 29.1. The van der Waals surface area contributed by atoms with E-state index in [1.165, 1.54) is 148 Å². The van der Waals surface area contributed by atoms with Crippen LogP contribution in [0.15, 0.2) is 72.9 Å². The molecule has 0 radical (unpaired) electrons. The molecule has 0 aromatic heterocycles. The number of aliphatic carboxylic acids is 1. The first-order chi connectivity index (χ1) is 34.6. The molecule has 0 aromatic rings. The molecule has 2 unspecified atom stereocenters. The summed E-state index contributed by atoms with van der Waals surface area (Å²) in [5, 5.41) is 11.7. The zero-order valence-corrected chi connectivity index (χ0v) is 46.6. The summed E-state index contributed by atoms with van der Waals surface area (Å²) in [6.07, 6.45) is 65.5. The Morgan fingerprint density at radius 2 is 0.803 bits per heavy atom. The molecule has 0 rings (SSSR count). The van der Waals surface area contributed by atoms with E-state index in [0.717, 1.165) is 64.2 Å². The van der Waals surface area contributed by atoms with Gasteiger partial charge in [0.25, 0.3) is 0 Å². The number of carboxylic acids is 1. The largest absolute Gasteiger partial charge is 0.545 e. The second-order valence-corrected chi connectivity index (χ2v) is 20.5. The molecule has 0 bridgehead atoms. The fraction of sp³-hybridized carbons (Fsp3) is 0.758. The number of hydrogen-bond donors (Lipinski definition) is 0. The number of carboxylic acid groups (broad SMARTS) is 1. The van der Waals surface area contributed by atoms with Crippen molar-refractivity contribution in [2.24, 2.45) is 0 Å². The molecular formula is C62H109NO8. The van der Waals surface area contributed by atoms with E-state index in [0.29, 0.717) is 17.4 Å². The van der Waals surface area contributed by atoms with E-state index in [9.17, 15) is 19.5 Å². The van der Waals surface area contributed by atoms with Crippen LogP contribution in [0, 0.1) is 0 Å². The second kappa shape index (κ2) is 53.0. The highest BCUT2D eigenvalue weighted by Crippen LogP contribution is 2.16. The van der Waals surface area contributed by atoms with E-state index in [4.69, 9.17) is 18.9 Å². The van der Waals surface area contributed by atoms with Crippen molar-refractivity contribution in [1.29, 1.82) is 0 Å². The number of quaternary nitrogens is 1. The number of carbonyl (C=O) groups is 3. The third-order valence-corrected chi connectivity index (χ3v) is 12.4. The summed E-state index contributed by atoms with van der Waals surface area (Å²) in [6, 6.07) is 0. The normalized spacial score (nSPS) is 13.3. The third kappa shape index (κ3) is 54.3. The molecule has 0 aliphatic carbocycles. The number of carbonyl (C=O) groups excluding carboxylic acids is 3. The van der Waals surface area contributed by atoms with Crippen molar-refractivity contribution >= 4 is 17.9 Å². The van der Waals surface area contributed by atoms with Gasteiger partial charge in [-0.3, -0.25) is 9.59 Å². The lowest BCUT2D eigenvalue weighted by atomic mass is 10.0. The topological polar surface area (TPSA) is 111 Å². The first-order valence-electron chi connectivity index (χ1n) is 29.1. The van der Waals surface area contributed by atoms with Crippen molar-refractivity contribution in [2.75, 3.05) is 47.5 Å². The van der Waals surface area contributed by atoms with Crippen LogP contribution in [0.2, 0.25) is 0 Å². The number of hydrogen-bond acceptors (Lipinski definition) is 8. The van der Waals surface area contributed by atoms with Crippen LogP contribution in [0.3, 0.4) is 0 Å². The van der Waals surface area contributed by atoms with Gasteiger partial charge >= 0.3 is 11.9 Å². The van der Waals surface area contributed by atoms with Crippen LogP contribution in [0.1, 0.15) is 245 Å². The molecule has 71 heavy (non-hydrogen) atoms. The Hall–Kier alpha value is -3.27. The maximum absolute atomic E-state index is 12.8. The molecule has 0 amide bonds. The molecule has 2 atom stereocenters. The van der Waals surface area contributed by atoms with Crippen molar-refractivity contribution in [3.05, 3.63) is 72.9 Å². The highest BCUT2D eigenvalue weighted by atomic mass is 16.7. The summed E-state index contributed by atoms with van der Waals surface area (Å²) < 4.78 is 22.6. The molecule has 0 N–H and O–H groups in total. The van der Waals surface area contributed by atoms with Crippen LogP contribution in [0.5, 0.6) is 0 Å². The number of ether oxygens (including phenoxy) is 4. The summed E-state index contributed by atoms with van der Waals surface area (Å²) in [4.78, 5) is 37.2. The van der Waals surface area contributed by atoms with Crippen molar-refractivity contribution in [1.82, 2.24) is 0 Å². The van der Waals surface area contributed by atoms with Crippen LogP contribution in [-0.2, 0) is 33.3 Å². The van der Waals surface area contributed by atoms with Gasteiger partial charge in [-0.2, -0.15) is 0 Å². The van der Waals surface area contributed by atoms with Gasteiger partial charge in [-0.1, -0.05) is 222 Å². The highest BCUT2D eigenvalue weighted by Gasteiger charge is 2.22. The molecule has 0 spiro atoms. The fourth-order valence-electron chi connectivity index (χ4n) is 7.97. The van der Waals surface area contributed by atoms with Crippen LogP contribution in [0.25, 0.3) is 0 Å². The molecule has 0 heterocycles. The molecule has 0 aromatic carbocycles. The lowest BCUT2D eigenvalue weighted by Gasteiger charge is -2.26. The zero-order valence-electron chi connectivity index (χ0n) is 46.6. The summed E-state index contributed by atoms with van der Waals surface area (Å²) in [5.41, 5.74) is 0. The molecule has 9 heteroatoms. The molecule has 9 nitrogen and oxygen atoms in total. The van der Waals surface area contributed by atoms with Crippen molar-refractivity contribution in [3.63, 3.8) is 0 Å². The quantitative estimate of drug-likeness (QED) is 0.0195. The Balaban J connectivity index is 4.13. The number of esters is 2. The van der Waals surface area contributed by atoms with Crippen LogP contribution in [0.4, 0.5) is 0 Å². The van der Waals surface area contributed by atoms with Gasteiger partial charge in [-0.15, -0.1) is 0 Å². The van der Waals surface area contributed by atoms with Crippen molar-refractivity contribution in [3.8, 4) is 0 Å². The summed E-state index contributed by atoms with van der Waals surface area (Å²) >= 11 is 0. The second-order valence-electron chi connectivity index (χ2n) is 20.5. The van der Waals surface area contributed by atoms with Crippen LogP contribution >= 0.6 is 0 Å². The number of likely N-dealkylation sites (N-methyl/N-ethyl adjacent to an activating group) is 1. The number of unbranched alkanes of at least 4 members (excludes halogenated alkanes) is 26. The Morgan fingerprint density at radius 1 is 0.437 bits per heavy atom. The van der Waals surface area contributed by atoms with Gasteiger partial charge in [-0.05, 0) is 83.5 Å². The van der Waals surface area contributed by atoms with Gasteiger partial charge in [-0.25, -0.2) is 0 Å². The fourth-order valence-corrected chi connectivity index (χ4v) is 7.97. The number of allylic oxidation sites excluding steroid dienone is 12. The van der Waals surface area contributed by atoms with Crippen molar-refractivity contribution in [2.45, 2.75) is 257 Å². The van der Waals surface area contributed by atoms with E-state index in [1.54, 1.807) is 0 Å². The van der Waals surface area contributed by atoms with Gasteiger partial charge in [0.1, 0.15) is 13.2 Å². The Kier molecular flexibility index (Phi) is 50.6. The van der Waals surface area contributed by atoms with E-state index >= 15 is 0 Å². The minimum absolute atomic E-state index is 0.138. The van der Waals surface area contributed by atoms with Gasteiger partial charge < -0.3 is 33.3 Å². The molecule has 0 aliphatic rings. The Labute approximate surface area is 437 Å². The number of nitrogens with zero attached hydrogens (tertiary/aromatic N) is 1. The smallest absolute Gasteiger partial charge is 0.306 e. The third-order valence-electron chi connectivity index (χ3n) is 12.4. The minimum atomic E-state index is -1.63. The van der Waals surface area contributed by atoms with E-state index in [1.807, 2.05) is 21.1 Å². The summed E-state index contributed by atoms with van der Waals surface area (Å²) in [5.74, 6) is -2.34. The van der Waals surface area contributed by atoms with E-state index in [2.05, 4.69) is 86.8 Å². The van der Waals surface area contributed by atoms with E-state index in [-0.39, 0.29) is 38.6 Å². The Morgan fingerprint density at radius 3 is 1.23 bits per heavy atom. The predicted octanol–water partition coefficient (Wildman–Crippen LogP) is 15.7. The summed E-state index contributed by atoms with van der Waals surface area (Å²) in [6.45, 7) is 4.58. The Bertz CT molecular complexity index is 1390.